The molecule has 0 saturated heterocycles. The van der Waals surface area contributed by atoms with Crippen molar-refractivity contribution in [1.82, 2.24) is 0 Å². The predicted molar refractivity (Wildman–Crippen MR) is 67.9 cm³/mol. The van der Waals surface area contributed by atoms with Gasteiger partial charge in [-0.1, -0.05) is 0 Å². The first-order valence-corrected chi connectivity index (χ1v) is 6.17. The standard InChI is InChI=1S/C12H13NO3S/c1-7(14)12(2)6-17-11(13-12)9-4-3-8(15)5-10(9)16/h3-5,15-16H,6H2,1-2H3. The maximum atomic E-state index is 11.5. The summed E-state index contributed by atoms with van der Waals surface area (Å²) in [6.45, 7) is 3.30. The first-order valence-electron chi connectivity index (χ1n) is 5.18. The zero-order valence-corrected chi connectivity index (χ0v) is 10.4. The molecule has 1 unspecified atom stereocenters. The second-order valence-corrected chi connectivity index (χ2v) is 5.20. The number of carbonyl (C=O) groups excluding carboxylic acids is 1. The average Bonchev–Trinajstić information content (AvgIpc) is 2.62. The van der Waals surface area contributed by atoms with Gasteiger partial charge < -0.3 is 10.2 Å². The number of hydrogen-bond acceptors (Lipinski definition) is 5. The Morgan fingerprint density at radius 3 is 2.71 bits per heavy atom. The Morgan fingerprint density at radius 1 is 1.47 bits per heavy atom. The van der Waals surface area contributed by atoms with Gasteiger partial charge in [-0.15, -0.1) is 11.8 Å². The fourth-order valence-corrected chi connectivity index (χ4v) is 2.80. The lowest BCUT2D eigenvalue weighted by molar-refractivity contribution is -0.120. The van der Waals surface area contributed by atoms with E-state index in [4.69, 9.17) is 0 Å². The molecule has 0 amide bonds. The normalized spacial score (nSPS) is 23.5. The van der Waals surface area contributed by atoms with Gasteiger partial charge in [0.05, 0.1) is 0 Å². The van der Waals surface area contributed by atoms with Crippen molar-refractivity contribution in [3.63, 3.8) is 0 Å². The zero-order valence-electron chi connectivity index (χ0n) is 9.60. The second kappa shape index (κ2) is 4.07. The molecule has 4 nitrogen and oxygen atoms in total. The van der Waals surface area contributed by atoms with Crippen LogP contribution in [0, 0.1) is 0 Å². The van der Waals surface area contributed by atoms with E-state index >= 15 is 0 Å². The van der Waals surface area contributed by atoms with Crippen molar-refractivity contribution < 1.29 is 15.0 Å². The van der Waals surface area contributed by atoms with Crippen LogP contribution in [0.3, 0.4) is 0 Å². The molecule has 1 aliphatic rings. The minimum Gasteiger partial charge on any atom is -0.508 e. The molecule has 0 saturated carbocycles. The van der Waals surface area contributed by atoms with Crippen molar-refractivity contribution in [3.8, 4) is 11.5 Å². The van der Waals surface area contributed by atoms with Gasteiger partial charge in [-0.25, -0.2) is 0 Å². The number of carbonyl (C=O) groups is 1. The fourth-order valence-electron chi connectivity index (χ4n) is 1.52. The molecule has 17 heavy (non-hydrogen) atoms. The minimum absolute atomic E-state index is 0.00387. The van der Waals surface area contributed by atoms with Crippen LogP contribution in [0.5, 0.6) is 11.5 Å². The molecule has 0 fully saturated rings. The van der Waals surface area contributed by atoms with Crippen LogP contribution in [0.2, 0.25) is 0 Å². The van der Waals surface area contributed by atoms with Crippen LogP contribution in [0.4, 0.5) is 0 Å². The minimum atomic E-state index is -0.704. The summed E-state index contributed by atoms with van der Waals surface area (Å²) in [5.41, 5.74) is -0.151. The van der Waals surface area contributed by atoms with Crippen molar-refractivity contribution in [2.45, 2.75) is 19.4 Å². The van der Waals surface area contributed by atoms with E-state index in [9.17, 15) is 15.0 Å². The number of phenols is 2. The molecule has 1 aromatic carbocycles. The summed E-state index contributed by atoms with van der Waals surface area (Å²) < 4.78 is 0. The van der Waals surface area contributed by atoms with Crippen LogP contribution in [0.25, 0.3) is 0 Å². The molecule has 2 N–H and O–H groups in total. The van der Waals surface area contributed by atoms with E-state index < -0.39 is 5.54 Å². The van der Waals surface area contributed by atoms with Gasteiger partial charge in [0.15, 0.2) is 5.78 Å². The lowest BCUT2D eigenvalue weighted by Crippen LogP contribution is -2.31. The molecular formula is C12H13NO3S. The van der Waals surface area contributed by atoms with Gasteiger partial charge in [0.1, 0.15) is 22.1 Å². The summed E-state index contributed by atoms with van der Waals surface area (Å²) in [4.78, 5) is 15.8. The third kappa shape index (κ3) is 2.15. The van der Waals surface area contributed by atoms with Crippen molar-refractivity contribution in [3.05, 3.63) is 23.8 Å². The number of rotatable bonds is 2. The number of nitrogens with zero attached hydrogens (tertiary/aromatic N) is 1. The molecule has 0 radical (unpaired) electrons. The first-order chi connectivity index (χ1) is 7.92. The molecule has 90 valence electrons. The lowest BCUT2D eigenvalue weighted by Gasteiger charge is -2.14. The maximum absolute atomic E-state index is 11.5. The highest BCUT2D eigenvalue weighted by molar-refractivity contribution is 8.14. The van der Waals surface area contributed by atoms with E-state index in [-0.39, 0.29) is 17.3 Å². The monoisotopic (exact) mass is 251 g/mol. The van der Waals surface area contributed by atoms with Crippen LogP contribution in [0.1, 0.15) is 19.4 Å². The molecular weight excluding hydrogens is 238 g/mol. The van der Waals surface area contributed by atoms with E-state index in [1.54, 1.807) is 13.0 Å². The number of benzene rings is 1. The Morgan fingerprint density at radius 2 is 2.18 bits per heavy atom. The molecule has 1 heterocycles. The van der Waals surface area contributed by atoms with E-state index in [2.05, 4.69) is 4.99 Å². The molecule has 0 spiro atoms. The molecule has 0 aliphatic carbocycles. The number of hydrogen-bond donors (Lipinski definition) is 2. The zero-order chi connectivity index (χ0) is 12.6. The number of aliphatic imine (C=N–C) groups is 1. The average molecular weight is 251 g/mol. The number of thioether (sulfide) groups is 1. The summed E-state index contributed by atoms with van der Waals surface area (Å²) >= 11 is 1.44. The molecule has 0 aromatic heterocycles. The molecule has 2 rings (SSSR count). The van der Waals surface area contributed by atoms with Crippen LogP contribution in [0.15, 0.2) is 23.2 Å². The molecule has 1 aromatic rings. The first kappa shape index (κ1) is 12.0. The van der Waals surface area contributed by atoms with Crippen LogP contribution >= 0.6 is 11.8 Å². The van der Waals surface area contributed by atoms with E-state index in [1.165, 1.54) is 30.8 Å². The number of ketones is 1. The summed E-state index contributed by atoms with van der Waals surface area (Å²) in [5.74, 6) is 0.573. The van der Waals surface area contributed by atoms with E-state index in [0.29, 0.717) is 16.4 Å². The maximum Gasteiger partial charge on any atom is 0.157 e. The largest absolute Gasteiger partial charge is 0.508 e. The van der Waals surface area contributed by atoms with Crippen LogP contribution < -0.4 is 0 Å². The van der Waals surface area contributed by atoms with Crippen molar-refractivity contribution in [1.29, 1.82) is 0 Å². The second-order valence-electron chi connectivity index (χ2n) is 4.24. The number of aromatic hydroxyl groups is 2. The summed E-state index contributed by atoms with van der Waals surface area (Å²) in [5, 5.41) is 19.6. The Hall–Kier alpha value is -1.49. The smallest absolute Gasteiger partial charge is 0.157 e. The highest BCUT2D eigenvalue weighted by Crippen LogP contribution is 2.35. The van der Waals surface area contributed by atoms with Gasteiger partial charge in [-0.2, -0.15) is 0 Å². The van der Waals surface area contributed by atoms with E-state index in [0.717, 1.165) is 0 Å². The van der Waals surface area contributed by atoms with Crippen molar-refractivity contribution in [2.24, 2.45) is 4.99 Å². The predicted octanol–water partition coefficient (Wildman–Crippen LogP) is 1.94. The number of Topliss-reactive ketones (excluding diaryl/α,β-unsaturated/α-hetero) is 1. The summed E-state index contributed by atoms with van der Waals surface area (Å²) in [6.07, 6.45) is 0. The van der Waals surface area contributed by atoms with Crippen molar-refractivity contribution >= 4 is 22.6 Å². The molecule has 0 bridgehead atoms. The third-order valence-corrected chi connectivity index (χ3v) is 4.10. The fraction of sp³-hybridized carbons (Fsp3) is 0.333. The SMILES string of the molecule is CC(=O)C1(C)CSC(c2ccc(O)cc2O)=N1. The molecule has 1 atom stereocenters. The van der Waals surface area contributed by atoms with E-state index in [1.807, 2.05) is 0 Å². The molecule has 1 aliphatic heterocycles. The quantitative estimate of drug-likeness (QED) is 0.842. The topological polar surface area (TPSA) is 69.9 Å². The number of phenolic OH excluding ortho intramolecular Hbond substituents is 2. The Bertz CT molecular complexity index is 512. The van der Waals surface area contributed by atoms with Crippen molar-refractivity contribution in [2.75, 3.05) is 5.75 Å². The summed E-state index contributed by atoms with van der Waals surface area (Å²) in [6, 6.07) is 4.35. The molecule has 5 heteroatoms. The van der Waals surface area contributed by atoms with Gasteiger partial charge in [0, 0.05) is 17.4 Å². The third-order valence-electron chi connectivity index (χ3n) is 2.81. The Balaban J connectivity index is 2.40. The Labute approximate surface area is 103 Å². The highest BCUT2D eigenvalue weighted by Gasteiger charge is 2.36. The van der Waals surface area contributed by atoms with Gasteiger partial charge >= 0.3 is 0 Å². The lowest BCUT2D eigenvalue weighted by atomic mass is 10.0. The Kier molecular flexibility index (Phi) is 2.87. The van der Waals surface area contributed by atoms with Crippen LogP contribution in [-0.2, 0) is 4.79 Å². The van der Waals surface area contributed by atoms with Gasteiger partial charge in [0.25, 0.3) is 0 Å². The highest BCUT2D eigenvalue weighted by atomic mass is 32.2. The summed E-state index contributed by atoms with van der Waals surface area (Å²) in [7, 11) is 0. The van der Waals surface area contributed by atoms with Gasteiger partial charge in [0.2, 0.25) is 0 Å². The van der Waals surface area contributed by atoms with Crippen LogP contribution in [-0.4, -0.2) is 32.3 Å². The van der Waals surface area contributed by atoms with Gasteiger partial charge in [-0.3, -0.25) is 9.79 Å². The van der Waals surface area contributed by atoms with Gasteiger partial charge in [-0.05, 0) is 26.0 Å².